The van der Waals surface area contributed by atoms with E-state index in [9.17, 15) is 24.9 Å². The zero-order chi connectivity index (χ0) is 24.2. The smallest absolute Gasteiger partial charge is 0.335 e. The molecule has 1 aromatic heterocycles. The molecular weight excluding hydrogens is 446 g/mol. The summed E-state index contributed by atoms with van der Waals surface area (Å²) in [7, 11) is 0. The molecule has 0 amide bonds. The number of aliphatic hydroxyl groups excluding tert-OH is 3. The van der Waals surface area contributed by atoms with Gasteiger partial charge in [0.15, 0.2) is 17.8 Å². The highest BCUT2D eigenvalue weighted by Crippen LogP contribution is 2.33. The SMILES string of the molecule is O=C(CCc1nc(-c2ccccc2)c(-c2ccccc2)o1)O[C@@H]1O[C@H](C(=O)O)[C@@H](O)[C@H](O)[C@H]1O. The number of aliphatic hydroxyl groups is 3. The number of hydrogen-bond acceptors (Lipinski definition) is 9. The van der Waals surface area contributed by atoms with E-state index in [1.807, 2.05) is 60.7 Å². The van der Waals surface area contributed by atoms with Crippen molar-refractivity contribution in [1.82, 2.24) is 4.98 Å². The van der Waals surface area contributed by atoms with Gasteiger partial charge >= 0.3 is 11.9 Å². The molecule has 2 heterocycles. The molecule has 0 aliphatic carbocycles. The van der Waals surface area contributed by atoms with Gasteiger partial charge in [0.05, 0.1) is 6.42 Å². The van der Waals surface area contributed by atoms with E-state index < -0.39 is 42.6 Å². The summed E-state index contributed by atoms with van der Waals surface area (Å²) in [5.41, 5.74) is 2.26. The molecule has 178 valence electrons. The van der Waals surface area contributed by atoms with Crippen molar-refractivity contribution in [1.29, 1.82) is 0 Å². The average molecular weight is 469 g/mol. The first-order valence-corrected chi connectivity index (χ1v) is 10.6. The zero-order valence-electron chi connectivity index (χ0n) is 17.9. The fourth-order valence-corrected chi connectivity index (χ4v) is 3.60. The Bertz CT molecular complexity index is 1070. The predicted molar refractivity (Wildman–Crippen MR) is 116 cm³/mol. The molecule has 0 bridgehead atoms. The minimum Gasteiger partial charge on any atom is -0.479 e. The molecule has 1 saturated heterocycles. The number of aryl methyl sites for hydroxylation is 1. The van der Waals surface area contributed by atoms with Crippen molar-refractivity contribution in [3.8, 4) is 22.6 Å². The normalized spacial score (nSPS) is 24.5. The van der Waals surface area contributed by atoms with Crippen LogP contribution in [-0.2, 0) is 25.5 Å². The second kappa shape index (κ2) is 10.1. The van der Waals surface area contributed by atoms with Gasteiger partial charge in [-0.2, -0.15) is 0 Å². The van der Waals surface area contributed by atoms with Crippen LogP contribution in [0.2, 0.25) is 0 Å². The molecule has 10 nitrogen and oxygen atoms in total. The fourth-order valence-electron chi connectivity index (χ4n) is 3.60. The summed E-state index contributed by atoms with van der Waals surface area (Å²) in [6.07, 6.45) is -9.32. The summed E-state index contributed by atoms with van der Waals surface area (Å²) in [5, 5.41) is 38.7. The minimum absolute atomic E-state index is 0.0574. The summed E-state index contributed by atoms with van der Waals surface area (Å²) in [6, 6.07) is 18.8. The highest BCUT2D eigenvalue weighted by atomic mass is 16.7. The number of carboxylic acids is 1. The molecule has 0 unspecified atom stereocenters. The van der Waals surface area contributed by atoms with Gasteiger partial charge in [-0.3, -0.25) is 4.79 Å². The Hall–Kier alpha value is -3.57. The highest BCUT2D eigenvalue weighted by molar-refractivity contribution is 5.77. The van der Waals surface area contributed by atoms with Crippen molar-refractivity contribution >= 4 is 11.9 Å². The van der Waals surface area contributed by atoms with Gasteiger partial charge in [0.2, 0.25) is 6.29 Å². The lowest BCUT2D eigenvalue weighted by Gasteiger charge is -2.37. The lowest BCUT2D eigenvalue weighted by Crippen LogP contribution is -2.60. The minimum atomic E-state index is -1.87. The third kappa shape index (κ3) is 5.00. The molecule has 2 aromatic carbocycles. The number of aromatic nitrogens is 1. The van der Waals surface area contributed by atoms with E-state index in [1.165, 1.54) is 0 Å². The number of ether oxygens (including phenoxy) is 2. The molecule has 1 aliphatic rings. The van der Waals surface area contributed by atoms with Gasteiger partial charge in [0.25, 0.3) is 0 Å². The van der Waals surface area contributed by atoms with Gasteiger partial charge in [-0.1, -0.05) is 60.7 Å². The number of esters is 1. The second-order valence-corrected chi connectivity index (χ2v) is 7.74. The molecule has 0 saturated carbocycles. The lowest BCUT2D eigenvalue weighted by molar-refractivity contribution is -0.286. The van der Waals surface area contributed by atoms with Crippen LogP contribution in [0.25, 0.3) is 22.6 Å². The number of oxazole rings is 1. The number of carbonyl (C=O) groups excluding carboxylic acids is 1. The van der Waals surface area contributed by atoms with E-state index >= 15 is 0 Å². The lowest BCUT2D eigenvalue weighted by atomic mass is 9.99. The number of aliphatic carboxylic acids is 1. The monoisotopic (exact) mass is 469 g/mol. The van der Waals surface area contributed by atoms with Crippen LogP contribution in [0.5, 0.6) is 0 Å². The largest absolute Gasteiger partial charge is 0.479 e. The molecule has 34 heavy (non-hydrogen) atoms. The first kappa shape index (κ1) is 23.6. The molecule has 0 spiro atoms. The Balaban J connectivity index is 1.47. The quantitative estimate of drug-likeness (QED) is 0.372. The van der Waals surface area contributed by atoms with Crippen LogP contribution in [0, 0.1) is 0 Å². The Kier molecular flexibility index (Phi) is 7.03. The average Bonchev–Trinajstić information content (AvgIpc) is 3.28. The Morgan fingerprint density at radius 2 is 1.50 bits per heavy atom. The number of nitrogens with zero attached hydrogens (tertiary/aromatic N) is 1. The van der Waals surface area contributed by atoms with Crippen LogP contribution < -0.4 is 0 Å². The van der Waals surface area contributed by atoms with E-state index in [0.717, 1.165) is 11.1 Å². The maximum Gasteiger partial charge on any atom is 0.335 e. The van der Waals surface area contributed by atoms with Crippen molar-refractivity contribution in [3.05, 3.63) is 66.6 Å². The van der Waals surface area contributed by atoms with E-state index in [0.29, 0.717) is 11.5 Å². The molecule has 4 N–H and O–H groups in total. The second-order valence-electron chi connectivity index (χ2n) is 7.74. The Morgan fingerprint density at radius 1 is 0.882 bits per heavy atom. The third-order valence-corrected chi connectivity index (χ3v) is 5.36. The van der Waals surface area contributed by atoms with Crippen LogP contribution in [0.4, 0.5) is 0 Å². The topological polar surface area (TPSA) is 160 Å². The molecule has 10 heteroatoms. The third-order valence-electron chi connectivity index (χ3n) is 5.36. The molecule has 1 aliphatic heterocycles. The van der Waals surface area contributed by atoms with E-state index in [2.05, 4.69) is 4.98 Å². The first-order chi connectivity index (χ1) is 16.3. The van der Waals surface area contributed by atoms with E-state index in [-0.39, 0.29) is 18.7 Å². The number of carbonyl (C=O) groups is 2. The number of carboxylic acid groups (broad SMARTS) is 1. The van der Waals surface area contributed by atoms with Crippen molar-refractivity contribution in [3.63, 3.8) is 0 Å². The standard InChI is InChI=1S/C24H23NO9/c26-16(33-24-20(29)18(27)19(28)22(34-24)23(30)31)12-11-15-25-17(13-7-3-1-4-8-13)21(32-15)14-9-5-2-6-10-14/h1-10,18-20,22,24,27-29H,11-12H2,(H,30,31)/t18-,19-,20+,22-,24+/m0/s1. The molecule has 4 rings (SSSR count). The first-order valence-electron chi connectivity index (χ1n) is 10.6. The van der Waals surface area contributed by atoms with Gasteiger partial charge in [0, 0.05) is 17.5 Å². The summed E-state index contributed by atoms with van der Waals surface area (Å²) in [6.45, 7) is 0. The summed E-state index contributed by atoms with van der Waals surface area (Å²) < 4.78 is 15.9. The van der Waals surface area contributed by atoms with Crippen LogP contribution in [0.1, 0.15) is 12.3 Å². The zero-order valence-corrected chi connectivity index (χ0v) is 17.9. The number of rotatable bonds is 7. The van der Waals surface area contributed by atoms with Crippen LogP contribution in [0.15, 0.2) is 65.1 Å². The van der Waals surface area contributed by atoms with Crippen LogP contribution >= 0.6 is 0 Å². The van der Waals surface area contributed by atoms with Crippen LogP contribution in [0.3, 0.4) is 0 Å². The molecule has 5 atom stereocenters. The fraction of sp³-hybridized carbons (Fsp3) is 0.292. The van der Waals surface area contributed by atoms with Crippen molar-refractivity contribution in [2.45, 2.75) is 43.5 Å². The van der Waals surface area contributed by atoms with Crippen molar-refractivity contribution in [2.75, 3.05) is 0 Å². The van der Waals surface area contributed by atoms with Gasteiger partial charge < -0.3 is 34.3 Å². The Morgan fingerprint density at radius 3 is 2.12 bits per heavy atom. The van der Waals surface area contributed by atoms with E-state index in [4.69, 9.17) is 19.0 Å². The highest BCUT2D eigenvalue weighted by Gasteiger charge is 2.48. The molecule has 0 radical (unpaired) electrons. The van der Waals surface area contributed by atoms with Crippen molar-refractivity contribution in [2.24, 2.45) is 0 Å². The summed E-state index contributed by atoms with van der Waals surface area (Å²) in [5.74, 6) is -1.58. The van der Waals surface area contributed by atoms with Crippen molar-refractivity contribution < 1.29 is 43.9 Å². The maximum absolute atomic E-state index is 12.4. The van der Waals surface area contributed by atoms with Crippen LogP contribution in [-0.4, -0.2) is 68.1 Å². The molecular formula is C24H23NO9. The number of benzene rings is 2. The van der Waals surface area contributed by atoms with Gasteiger partial charge in [0.1, 0.15) is 24.0 Å². The van der Waals surface area contributed by atoms with Gasteiger partial charge in [-0.05, 0) is 0 Å². The Labute approximate surface area is 194 Å². The number of hydrogen-bond donors (Lipinski definition) is 4. The molecule has 1 fully saturated rings. The van der Waals surface area contributed by atoms with Gasteiger partial charge in [-0.25, -0.2) is 9.78 Å². The molecule has 3 aromatic rings. The van der Waals surface area contributed by atoms with E-state index in [1.54, 1.807) is 0 Å². The van der Waals surface area contributed by atoms with Gasteiger partial charge in [-0.15, -0.1) is 0 Å². The maximum atomic E-state index is 12.4. The summed E-state index contributed by atoms with van der Waals surface area (Å²) >= 11 is 0. The summed E-state index contributed by atoms with van der Waals surface area (Å²) in [4.78, 5) is 28.1. The predicted octanol–water partition coefficient (Wildman–Crippen LogP) is 1.38.